The van der Waals surface area contributed by atoms with Crippen molar-refractivity contribution in [3.63, 3.8) is 0 Å². The minimum atomic E-state index is 0.173. The fourth-order valence-electron chi connectivity index (χ4n) is 3.38. The maximum Gasteiger partial charge on any atom is 0.149 e. The third kappa shape index (κ3) is 5.35. The molecule has 0 bridgehead atoms. The SMILES string of the molecule is CCN1CCC(CN2CCN(CC(=O)C(C)C)CC2)CC1. The molecule has 2 saturated heterocycles. The van der Waals surface area contributed by atoms with Crippen molar-refractivity contribution in [2.24, 2.45) is 11.8 Å². The van der Waals surface area contributed by atoms with E-state index >= 15 is 0 Å². The second kappa shape index (κ2) is 8.25. The van der Waals surface area contributed by atoms with Crippen LogP contribution in [0.25, 0.3) is 0 Å². The number of piperazine rings is 1. The van der Waals surface area contributed by atoms with E-state index in [-0.39, 0.29) is 5.92 Å². The molecule has 2 aliphatic rings. The third-order valence-electron chi connectivity index (χ3n) is 5.16. The van der Waals surface area contributed by atoms with Gasteiger partial charge in [0.15, 0.2) is 0 Å². The van der Waals surface area contributed by atoms with Crippen molar-refractivity contribution < 1.29 is 4.79 Å². The van der Waals surface area contributed by atoms with Crippen molar-refractivity contribution in [2.75, 3.05) is 58.9 Å². The van der Waals surface area contributed by atoms with Crippen molar-refractivity contribution in [1.82, 2.24) is 14.7 Å². The van der Waals surface area contributed by atoms with Crippen molar-refractivity contribution >= 4 is 5.78 Å². The zero-order valence-electron chi connectivity index (χ0n) is 14.2. The van der Waals surface area contributed by atoms with E-state index in [2.05, 4.69) is 21.6 Å². The Hall–Kier alpha value is -0.450. The molecule has 0 unspecified atom stereocenters. The van der Waals surface area contributed by atoms with Gasteiger partial charge in [-0.3, -0.25) is 9.69 Å². The first-order valence-electron chi connectivity index (χ1n) is 8.78. The lowest BCUT2D eigenvalue weighted by Gasteiger charge is -2.38. The van der Waals surface area contributed by atoms with E-state index in [1.165, 1.54) is 39.0 Å². The maximum absolute atomic E-state index is 11.8. The standard InChI is InChI=1S/C17H33N3O/c1-4-18-7-5-16(6-8-18)13-19-9-11-20(12-10-19)14-17(21)15(2)3/h15-16H,4-14H2,1-3H3. The van der Waals surface area contributed by atoms with E-state index in [4.69, 9.17) is 0 Å². The molecule has 0 N–H and O–H groups in total. The molecule has 4 heteroatoms. The lowest BCUT2D eigenvalue weighted by atomic mass is 9.96. The van der Waals surface area contributed by atoms with Crippen LogP contribution in [-0.4, -0.2) is 79.4 Å². The maximum atomic E-state index is 11.8. The molecular weight excluding hydrogens is 262 g/mol. The van der Waals surface area contributed by atoms with Gasteiger partial charge >= 0.3 is 0 Å². The summed E-state index contributed by atoms with van der Waals surface area (Å²) in [7, 11) is 0. The summed E-state index contributed by atoms with van der Waals surface area (Å²) in [5, 5.41) is 0. The van der Waals surface area contributed by atoms with Gasteiger partial charge in [0.05, 0.1) is 6.54 Å². The molecule has 2 fully saturated rings. The Morgan fingerprint density at radius 3 is 2.05 bits per heavy atom. The van der Waals surface area contributed by atoms with Gasteiger partial charge in [0.2, 0.25) is 0 Å². The van der Waals surface area contributed by atoms with Gasteiger partial charge in [-0.2, -0.15) is 0 Å². The second-order valence-electron chi connectivity index (χ2n) is 7.08. The minimum absolute atomic E-state index is 0.173. The Labute approximate surface area is 130 Å². The Balaban J connectivity index is 1.64. The van der Waals surface area contributed by atoms with Crippen molar-refractivity contribution in [1.29, 1.82) is 0 Å². The van der Waals surface area contributed by atoms with Crippen LogP contribution < -0.4 is 0 Å². The molecule has 0 radical (unpaired) electrons. The molecule has 4 nitrogen and oxygen atoms in total. The van der Waals surface area contributed by atoms with Gasteiger partial charge in [0.25, 0.3) is 0 Å². The Morgan fingerprint density at radius 1 is 0.952 bits per heavy atom. The molecule has 21 heavy (non-hydrogen) atoms. The third-order valence-corrected chi connectivity index (χ3v) is 5.16. The monoisotopic (exact) mass is 295 g/mol. The molecule has 0 aromatic rings. The van der Waals surface area contributed by atoms with Gasteiger partial charge in [-0.05, 0) is 38.4 Å². The van der Waals surface area contributed by atoms with Gasteiger partial charge in [0, 0.05) is 38.6 Å². The van der Waals surface area contributed by atoms with Crippen molar-refractivity contribution in [3.05, 3.63) is 0 Å². The van der Waals surface area contributed by atoms with Crippen LogP contribution in [0, 0.1) is 11.8 Å². The number of rotatable bonds is 6. The first-order chi connectivity index (χ1) is 10.1. The highest BCUT2D eigenvalue weighted by molar-refractivity contribution is 5.82. The summed E-state index contributed by atoms with van der Waals surface area (Å²) in [5.74, 6) is 1.44. The summed E-state index contributed by atoms with van der Waals surface area (Å²) < 4.78 is 0. The minimum Gasteiger partial charge on any atom is -0.304 e. The van der Waals surface area contributed by atoms with Crippen LogP contribution in [0.15, 0.2) is 0 Å². The van der Waals surface area contributed by atoms with Crippen molar-refractivity contribution in [2.45, 2.75) is 33.6 Å². The summed E-state index contributed by atoms with van der Waals surface area (Å²) in [5.41, 5.74) is 0. The van der Waals surface area contributed by atoms with Gasteiger partial charge in [-0.15, -0.1) is 0 Å². The smallest absolute Gasteiger partial charge is 0.149 e. The highest BCUT2D eigenvalue weighted by Crippen LogP contribution is 2.19. The van der Waals surface area contributed by atoms with E-state index in [9.17, 15) is 4.79 Å². The zero-order chi connectivity index (χ0) is 15.2. The average molecular weight is 295 g/mol. The fourth-order valence-corrected chi connectivity index (χ4v) is 3.38. The quantitative estimate of drug-likeness (QED) is 0.743. The number of hydrogen-bond donors (Lipinski definition) is 0. The predicted molar refractivity (Wildman–Crippen MR) is 87.6 cm³/mol. The number of likely N-dealkylation sites (tertiary alicyclic amines) is 1. The number of nitrogens with zero attached hydrogens (tertiary/aromatic N) is 3. The average Bonchev–Trinajstić information content (AvgIpc) is 2.50. The Bertz CT molecular complexity index is 316. The van der Waals surface area contributed by atoms with Crippen LogP contribution in [0.4, 0.5) is 0 Å². The highest BCUT2D eigenvalue weighted by Gasteiger charge is 2.24. The number of piperidine rings is 1. The zero-order valence-corrected chi connectivity index (χ0v) is 14.2. The molecule has 2 rings (SSSR count). The first-order valence-corrected chi connectivity index (χ1v) is 8.78. The lowest BCUT2D eigenvalue weighted by Crippen LogP contribution is -2.50. The van der Waals surface area contributed by atoms with Gasteiger partial charge in [-0.25, -0.2) is 0 Å². The number of ketones is 1. The highest BCUT2D eigenvalue weighted by atomic mass is 16.1. The Kier molecular flexibility index (Phi) is 6.65. The van der Waals surface area contributed by atoms with Gasteiger partial charge in [-0.1, -0.05) is 20.8 Å². The van der Waals surface area contributed by atoms with Crippen LogP contribution in [0.3, 0.4) is 0 Å². The fraction of sp³-hybridized carbons (Fsp3) is 0.941. The van der Waals surface area contributed by atoms with Crippen LogP contribution >= 0.6 is 0 Å². The summed E-state index contributed by atoms with van der Waals surface area (Å²) in [6, 6.07) is 0. The predicted octanol–water partition coefficient (Wildman–Crippen LogP) is 1.56. The largest absolute Gasteiger partial charge is 0.304 e. The van der Waals surface area contributed by atoms with E-state index < -0.39 is 0 Å². The van der Waals surface area contributed by atoms with Crippen LogP contribution in [0.1, 0.15) is 33.6 Å². The topological polar surface area (TPSA) is 26.8 Å². The van der Waals surface area contributed by atoms with Crippen molar-refractivity contribution in [3.8, 4) is 0 Å². The van der Waals surface area contributed by atoms with Crippen LogP contribution in [0.5, 0.6) is 0 Å². The van der Waals surface area contributed by atoms with Crippen LogP contribution in [0.2, 0.25) is 0 Å². The molecule has 0 amide bonds. The molecule has 122 valence electrons. The summed E-state index contributed by atoms with van der Waals surface area (Å²) >= 11 is 0. The molecule has 0 atom stereocenters. The molecular formula is C17H33N3O. The normalized spacial score (nSPS) is 23.8. The molecule has 0 saturated carbocycles. The lowest BCUT2D eigenvalue weighted by molar-refractivity contribution is -0.123. The molecule has 2 aliphatic heterocycles. The number of carbonyl (C=O) groups excluding carboxylic acids is 1. The number of carbonyl (C=O) groups is 1. The second-order valence-corrected chi connectivity index (χ2v) is 7.08. The molecule has 2 heterocycles. The van der Waals surface area contributed by atoms with E-state index in [0.29, 0.717) is 12.3 Å². The van der Waals surface area contributed by atoms with Gasteiger partial charge in [0.1, 0.15) is 5.78 Å². The van der Waals surface area contributed by atoms with E-state index in [1.807, 2.05) is 13.8 Å². The number of Topliss-reactive ketones (excluding diaryl/α,β-unsaturated/α-hetero) is 1. The Morgan fingerprint density at radius 2 is 1.52 bits per heavy atom. The summed E-state index contributed by atoms with van der Waals surface area (Å²) in [6.07, 6.45) is 2.72. The first kappa shape index (κ1) is 16.9. The van der Waals surface area contributed by atoms with Gasteiger partial charge < -0.3 is 9.80 Å². The molecule has 0 spiro atoms. The molecule has 0 aromatic heterocycles. The molecule has 0 aliphatic carbocycles. The van der Waals surface area contributed by atoms with E-state index in [0.717, 1.165) is 32.1 Å². The summed E-state index contributed by atoms with van der Waals surface area (Å²) in [6.45, 7) is 16.4. The molecule has 0 aromatic carbocycles. The number of hydrogen-bond acceptors (Lipinski definition) is 4. The van der Waals surface area contributed by atoms with Crippen LogP contribution in [-0.2, 0) is 4.79 Å². The van der Waals surface area contributed by atoms with E-state index in [1.54, 1.807) is 0 Å². The summed E-state index contributed by atoms with van der Waals surface area (Å²) in [4.78, 5) is 19.3.